The molecular weight excluding hydrogens is 200 g/mol. The molecule has 0 aromatic heterocycles. The van der Waals surface area contributed by atoms with E-state index in [-0.39, 0.29) is 5.75 Å². The van der Waals surface area contributed by atoms with E-state index in [9.17, 15) is 8.42 Å². The minimum Gasteiger partial charge on any atom is -0.496 e. The Morgan fingerprint density at radius 3 is 2.50 bits per heavy atom. The molecule has 0 atom stereocenters. The van der Waals surface area contributed by atoms with Crippen LogP contribution in [-0.2, 0) is 15.6 Å². The number of hydrogen-bond acceptors (Lipinski definition) is 3. The van der Waals surface area contributed by atoms with Crippen LogP contribution >= 0.6 is 0 Å². The van der Waals surface area contributed by atoms with E-state index >= 15 is 0 Å². The zero-order valence-electron chi connectivity index (χ0n) is 8.57. The summed E-state index contributed by atoms with van der Waals surface area (Å²) in [4.78, 5) is 0. The van der Waals surface area contributed by atoms with E-state index in [0.717, 1.165) is 5.56 Å². The number of sulfone groups is 1. The Hall–Kier alpha value is -1.03. The first-order chi connectivity index (χ1) is 6.42. The second-order valence-corrected chi connectivity index (χ2v) is 5.53. The Balaban J connectivity index is 3.09. The molecule has 0 amide bonds. The van der Waals surface area contributed by atoms with Gasteiger partial charge in [-0.3, -0.25) is 0 Å². The van der Waals surface area contributed by atoms with Crippen molar-refractivity contribution in [2.45, 2.75) is 12.7 Å². The zero-order valence-corrected chi connectivity index (χ0v) is 9.39. The molecule has 0 spiro atoms. The van der Waals surface area contributed by atoms with Crippen molar-refractivity contribution in [3.63, 3.8) is 0 Å². The van der Waals surface area contributed by atoms with Crippen molar-refractivity contribution in [2.24, 2.45) is 0 Å². The number of benzene rings is 1. The van der Waals surface area contributed by atoms with Gasteiger partial charge in [0.1, 0.15) is 5.75 Å². The lowest BCUT2D eigenvalue weighted by atomic mass is 10.1. The number of rotatable bonds is 3. The van der Waals surface area contributed by atoms with Crippen LogP contribution in [0.15, 0.2) is 18.2 Å². The lowest BCUT2D eigenvalue weighted by Gasteiger charge is -2.08. The fourth-order valence-electron chi connectivity index (χ4n) is 1.25. The smallest absolute Gasteiger partial charge is 0.151 e. The molecule has 0 aliphatic carbocycles. The normalized spacial score (nSPS) is 11.4. The van der Waals surface area contributed by atoms with Crippen molar-refractivity contribution in [2.75, 3.05) is 13.4 Å². The summed E-state index contributed by atoms with van der Waals surface area (Å²) in [5.41, 5.74) is 1.76. The second-order valence-electron chi connectivity index (χ2n) is 3.39. The van der Waals surface area contributed by atoms with Crippen LogP contribution in [0.4, 0.5) is 0 Å². The summed E-state index contributed by atoms with van der Waals surface area (Å²) in [5.74, 6) is 0.659. The minimum atomic E-state index is -3.00. The van der Waals surface area contributed by atoms with Crippen LogP contribution in [0, 0.1) is 6.92 Å². The average Bonchev–Trinajstić information content (AvgIpc) is 2.06. The van der Waals surface area contributed by atoms with Crippen LogP contribution in [0.5, 0.6) is 5.75 Å². The topological polar surface area (TPSA) is 43.4 Å². The quantitative estimate of drug-likeness (QED) is 0.766. The number of hydrogen-bond donors (Lipinski definition) is 0. The van der Waals surface area contributed by atoms with Gasteiger partial charge in [-0.05, 0) is 18.6 Å². The summed E-state index contributed by atoms with van der Waals surface area (Å²) in [5, 5.41) is 0. The third kappa shape index (κ3) is 3.03. The Kier molecular flexibility index (Phi) is 3.16. The van der Waals surface area contributed by atoms with Gasteiger partial charge in [-0.1, -0.05) is 12.1 Å². The van der Waals surface area contributed by atoms with E-state index < -0.39 is 9.84 Å². The third-order valence-electron chi connectivity index (χ3n) is 1.86. The predicted octanol–water partition coefficient (Wildman–Crippen LogP) is 1.55. The summed E-state index contributed by atoms with van der Waals surface area (Å²) in [6.07, 6.45) is 1.21. The minimum absolute atomic E-state index is 0.0243. The molecular formula is C10H14O3S. The van der Waals surface area contributed by atoms with Crippen molar-refractivity contribution in [3.05, 3.63) is 29.3 Å². The van der Waals surface area contributed by atoms with Crippen LogP contribution < -0.4 is 4.74 Å². The van der Waals surface area contributed by atoms with Crippen LogP contribution in [0.25, 0.3) is 0 Å². The monoisotopic (exact) mass is 214 g/mol. The predicted molar refractivity (Wildman–Crippen MR) is 56.3 cm³/mol. The van der Waals surface area contributed by atoms with E-state index in [1.54, 1.807) is 13.2 Å². The van der Waals surface area contributed by atoms with Gasteiger partial charge >= 0.3 is 0 Å². The molecule has 1 aromatic rings. The van der Waals surface area contributed by atoms with Gasteiger partial charge in [0.15, 0.2) is 9.84 Å². The standard InChI is InChI=1S/C10H14O3S/c1-8-4-5-9(7-14(3,11)12)10(6-8)13-2/h4-6H,7H2,1-3H3. The highest BCUT2D eigenvalue weighted by Gasteiger charge is 2.09. The average molecular weight is 214 g/mol. The van der Waals surface area contributed by atoms with Crippen LogP contribution in [0.1, 0.15) is 11.1 Å². The molecule has 78 valence electrons. The highest BCUT2D eigenvalue weighted by Crippen LogP contribution is 2.21. The summed E-state index contributed by atoms with van der Waals surface area (Å²) >= 11 is 0. The van der Waals surface area contributed by atoms with E-state index in [1.807, 2.05) is 19.1 Å². The molecule has 1 rings (SSSR count). The van der Waals surface area contributed by atoms with Gasteiger partial charge < -0.3 is 4.74 Å². The summed E-state index contributed by atoms with van der Waals surface area (Å²) in [7, 11) is -1.46. The van der Waals surface area contributed by atoms with Gasteiger partial charge in [0.25, 0.3) is 0 Å². The molecule has 14 heavy (non-hydrogen) atoms. The number of aryl methyl sites for hydroxylation is 1. The van der Waals surface area contributed by atoms with E-state index in [0.29, 0.717) is 11.3 Å². The van der Waals surface area contributed by atoms with Crippen molar-refractivity contribution >= 4 is 9.84 Å². The molecule has 0 aliphatic rings. The molecule has 0 saturated carbocycles. The molecule has 0 fully saturated rings. The maximum atomic E-state index is 11.1. The molecule has 0 bridgehead atoms. The fourth-order valence-corrected chi connectivity index (χ4v) is 2.06. The first-order valence-electron chi connectivity index (χ1n) is 4.23. The molecule has 0 saturated heterocycles. The number of methoxy groups -OCH3 is 1. The Morgan fingerprint density at radius 1 is 1.36 bits per heavy atom. The highest BCUT2D eigenvalue weighted by atomic mass is 32.2. The SMILES string of the molecule is COc1cc(C)ccc1CS(C)(=O)=O. The van der Waals surface area contributed by atoms with Crippen molar-refractivity contribution < 1.29 is 13.2 Å². The Morgan fingerprint density at radius 2 is 2.00 bits per heavy atom. The molecule has 1 aromatic carbocycles. The largest absolute Gasteiger partial charge is 0.496 e. The maximum absolute atomic E-state index is 11.1. The van der Waals surface area contributed by atoms with Crippen molar-refractivity contribution in [1.29, 1.82) is 0 Å². The third-order valence-corrected chi connectivity index (χ3v) is 2.70. The van der Waals surface area contributed by atoms with Gasteiger partial charge in [-0.2, -0.15) is 0 Å². The highest BCUT2D eigenvalue weighted by molar-refractivity contribution is 7.89. The second kappa shape index (κ2) is 4.00. The van der Waals surface area contributed by atoms with Crippen LogP contribution in [0.3, 0.4) is 0 Å². The van der Waals surface area contributed by atoms with Crippen LogP contribution in [-0.4, -0.2) is 21.8 Å². The first-order valence-corrected chi connectivity index (χ1v) is 6.29. The van der Waals surface area contributed by atoms with Gasteiger partial charge in [0.05, 0.1) is 12.9 Å². The van der Waals surface area contributed by atoms with E-state index in [2.05, 4.69) is 0 Å². The molecule has 0 radical (unpaired) electrons. The molecule has 4 heteroatoms. The lowest BCUT2D eigenvalue weighted by Crippen LogP contribution is -2.02. The molecule has 3 nitrogen and oxygen atoms in total. The van der Waals surface area contributed by atoms with Gasteiger partial charge in [0.2, 0.25) is 0 Å². The zero-order chi connectivity index (χ0) is 10.8. The Labute approximate surface area is 84.6 Å². The first kappa shape index (κ1) is 11.0. The lowest BCUT2D eigenvalue weighted by molar-refractivity contribution is 0.410. The molecule has 0 aliphatic heterocycles. The summed E-state index contributed by atoms with van der Waals surface area (Å²) in [6.45, 7) is 1.94. The molecule has 0 N–H and O–H groups in total. The molecule has 0 heterocycles. The molecule has 0 unspecified atom stereocenters. The van der Waals surface area contributed by atoms with E-state index in [1.165, 1.54) is 6.26 Å². The van der Waals surface area contributed by atoms with Gasteiger partial charge in [0, 0.05) is 11.8 Å². The van der Waals surface area contributed by atoms with Crippen molar-refractivity contribution in [3.8, 4) is 5.75 Å². The van der Waals surface area contributed by atoms with E-state index in [4.69, 9.17) is 4.74 Å². The fraction of sp³-hybridized carbons (Fsp3) is 0.400. The van der Waals surface area contributed by atoms with Gasteiger partial charge in [-0.25, -0.2) is 8.42 Å². The van der Waals surface area contributed by atoms with Gasteiger partial charge in [-0.15, -0.1) is 0 Å². The van der Waals surface area contributed by atoms with Crippen LogP contribution in [0.2, 0.25) is 0 Å². The number of ether oxygens (including phenoxy) is 1. The van der Waals surface area contributed by atoms with Crippen molar-refractivity contribution in [1.82, 2.24) is 0 Å². The summed E-state index contributed by atoms with van der Waals surface area (Å²) in [6, 6.07) is 5.50. The maximum Gasteiger partial charge on any atom is 0.151 e. The Bertz CT molecular complexity index is 421. The summed E-state index contributed by atoms with van der Waals surface area (Å²) < 4.78 is 27.3.